The highest BCUT2D eigenvalue weighted by Gasteiger charge is 2.30. The van der Waals surface area contributed by atoms with Crippen LogP contribution in [-0.2, 0) is 19.8 Å². The number of nitrogens with one attached hydrogen (secondary N) is 1. The van der Waals surface area contributed by atoms with E-state index in [-0.39, 0.29) is 22.5 Å². The van der Waals surface area contributed by atoms with Crippen molar-refractivity contribution in [1.29, 1.82) is 0 Å². The Labute approximate surface area is 160 Å². The van der Waals surface area contributed by atoms with Crippen LogP contribution in [0.1, 0.15) is 15.9 Å². The number of rotatable bonds is 7. The van der Waals surface area contributed by atoms with E-state index in [9.17, 15) is 33.2 Å². The van der Waals surface area contributed by atoms with Gasteiger partial charge in [0, 0.05) is 23.4 Å². The Bertz CT molecular complexity index is 1050. The molecule has 0 heterocycles. The van der Waals surface area contributed by atoms with E-state index >= 15 is 0 Å². The topological polar surface area (TPSA) is 153 Å². The number of nitrogens with zero attached hydrogens (tertiary/aromatic N) is 1. The normalized spacial score (nSPS) is 11.2. The van der Waals surface area contributed by atoms with Gasteiger partial charge in [0.05, 0.1) is 17.6 Å². The summed E-state index contributed by atoms with van der Waals surface area (Å²) in [6.07, 6.45) is 0. The number of hydrogen-bond donors (Lipinski definition) is 2. The summed E-state index contributed by atoms with van der Waals surface area (Å²) in [6.45, 7) is 0. The van der Waals surface area contributed by atoms with Crippen LogP contribution in [0, 0.1) is 10.1 Å². The predicted molar refractivity (Wildman–Crippen MR) is 99.0 cm³/mol. The molecule has 10 nitrogen and oxygen atoms in total. The van der Waals surface area contributed by atoms with E-state index in [1.54, 1.807) is 0 Å². The summed E-state index contributed by atoms with van der Waals surface area (Å²) in [5, 5.41) is 22.8. The first kappa shape index (κ1) is 20.6. The maximum atomic E-state index is 11.9. The Morgan fingerprint density at radius 3 is 2.14 bits per heavy atom. The van der Waals surface area contributed by atoms with Gasteiger partial charge in [-0.2, -0.15) is 8.42 Å². The van der Waals surface area contributed by atoms with Gasteiger partial charge in [0.2, 0.25) is 10.3 Å². The predicted octanol–water partition coefficient (Wildman–Crippen LogP) is 1.35. The molecule has 0 aliphatic heterocycles. The number of carboxylic acids is 1. The average molecular weight is 406 g/mol. The van der Waals surface area contributed by atoms with E-state index in [4.69, 9.17) is 0 Å². The minimum Gasteiger partial charge on any atom is -0.479 e. The number of ether oxygens (including phenoxy) is 1. The number of methoxy groups -OCH3 is 1. The number of non-ortho nitro benzene ring substituents is 1. The van der Waals surface area contributed by atoms with Gasteiger partial charge in [0.25, 0.3) is 5.69 Å². The number of carboxylic acid groups (broad SMARTS) is 1. The highest BCUT2D eigenvalue weighted by atomic mass is 32.2. The molecular formula is C17H14N2O8S. The van der Waals surface area contributed by atoms with Crippen molar-refractivity contribution in [2.24, 2.45) is 0 Å². The zero-order valence-electron chi connectivity index (χ0n) is 14.4. The molecule has 0 aromatic heterocycles. The number of esters is 1. The molecule has 2 aromatic carbocycles. The molecule has 0 amide bonds. The Hall–Kier alpha value is -3.73. The number of carbonyl (C=O) groups excluding carboxylic acids is 1. The van der Waals surface area contributed by atoms with Gasteiger partial charge in [0.15, 0.2) is 6.04 Å². The van der Waals surface area contributed by atoms with Crippen molar-refractivity contribution in [2.45, 2.75) is 6.04 Å². The lowest BCUT2D eigenvalue weighted by atomic mass is 9.99. The monoisotopic (exact) mass is 406 g/mol. The number of benzene rings is 2. The summed E-state index contributed by atoms with van der Waals surface area (Å²) in [6, 6.07) is 8.50. The molecule has 11 heteroatoms. The fourth-order valence-corrected chi connectivity index (χ4v) is 3.12. The molecule has 0 fully saturated rings. The van der Waals surface area contributed by atoms with Crippen molar-refractivity contribution in [3.05, 3.63) is 69.8 Å². The van der Waals surface area contributed by atoms with Crippen molar-refractivity contribution in [1.82, 2.24) is 0 Å². The lowest BCUT2D eigenvalue weighted by molar-refractivity contribution is -0.384. The van der Waals surface area contributed by atoms with Crippen molar-refractivity contribution in [3.8, 4) is 0 Å². The average Bonchev–Trinajstić information content (AvgIpc) is 2.67. The molecule has 146 valence electrons. The van der Waals surface area contributed by atoms with Crippen LogP contribution in [0.5, 0.6) is 0 Å². The largest absolute Gasteiger partial charge is 0.479 e. The zero-order chi connectivity index (χ0) is 20.8. The summed E-state index contributed by atoms with van der Waals surface area (Å²) in [5.41, 5.74) is -0.341. The van der Waals surface area contributed by atoms with Gasteiger partial charge in [-0.3, -0.25) is 10.1 Å². The Kier molecular flexibility index (Phi) is 6.45. The lowest BCUT2D eigenvalue weighted by Gasteiger charge is -2.18. The summed E-state index contributed by atoms with van der Waals surface area (Å²) >= 11 is 0. The fraction of sp³-hybridized carbons (Fsp3) is 0.118. The number of hydrogen-bond acceptors (Lipinski definition) is 8. The maximum absolute atomic E-state index is 11.9. The third kappa shape index (κ3) is 4.51. The minimum absolute atomic E-state index is 0.124. The molecule has 0 bridgehead atoms. The second kappa shape index (κ2) is 8.77. The third-order valence-corrected chi connectivity index (χ3v) is 4.49. The van der Waals surface area contributed by atoms with Gasteiger partial charge in [0.1, 0.15) is 4.86 Å². The second-order valence-corrected chi connectivity index (χ2v) is 6.26. The molecule has 0 saturated heterocycles. The number of nitro groups is 1. The zero-order valence-corrected chi connectivity index (χ0v) is 15.2. The molecule has 0 unspecified atom stereocenters. The standard InChI is InChI=1S/C17H14N2O8S/c1-27-17(22)13-5-3-2-4-12(13)15(28(25)26)14(16(20)21)18-10-6-8-11(9-7-10)19(23)24/h2-9,14,18H,1H3,(H,20,21)/t14-/m1/s1. The van der Waals surface area contributed by atoms with Gasteiger partial charge < -0.3 is 15.2 Å². The van der Waals surface area contributed by atoms with E-state index < -0.39 is 38.1 Å². The molecule has 0 aliphatic carbocycles. The number of carbonyl (C=O) groups is 2. The molecular weight excluding hydrogens is 392 g/mol. The van der Waals surface area contributed by atoms with Crippen LogP contribution in [0.4, 0.5) is 11.4 Å². The van der Waals surface area contributed by atoms with Gasteiger partial charge in [-0.25, -0.2) is 9.59 Å². The first-order valence-electron chi connectivity index (χ1n) is 7.64. The maximum Gasteiger partial charge on any atom is 0.338 e. The highest BCUT2D eigenvalue weighted by molar-refractivity contribution is 7.73. The minimum atomic E-state index is -3.01. The lowest BCUT2D eigenvalue weighted by Crippen LogP contribution is -2.39. The number of aliphatic carboxylic acids is 1. The molecule has 2 rings (SSSR count). The molecule has 0 radical (unpaired) electrons. The fourth-order valence-electron chi connectivity index (χ4n) is 2.41. The smallest absolute Gasteiger partial charge is 0.338 e. The first-order chi connectivity index (χ1) is 13.3. The van der Waals surface area contributed by atoms with Gasteiger partial charge in [-0.05, 0) is 18.2 Å². The van der Waals surface area contributed by atoms with E-state index in [2.05, 4.69) is 10.1 Å². The Balaban J connectivity index is 2.54. The molecule has 2 aromatic rings. The van der Waals surface area contributed by atoms with Crippen LogP contribution in [0.15, 0.2) is 48.5 Å². The van der Waals surface area contributed by atoms with E-state index in [0.29, 0.717) is 0 Å². The SMILES string of the molecule is COC(=O)c1ccccc1C([C@@H](Nc1ccc([N+](=O)[O-])cc1)C(=O)O)=S(=O)=O. The molecule has 0 saturated carbocycles. The summed E-state index contributed by atoms with van der Waals surface area (Å²) in [5.74, 6) is -2.37. The van der Waals surface area contributed by atoms with Crippen molar-refractivity contribution in [3.63, 3.8) is 0 Å². The summed E-state index contributed by atoms with van der Waals surface area (Å²) in [4.78, 5) is 33.2. The molecule has 2 N–H and O–H groups in total. The summed E-state index contributed by atoms with van der Waals surface area (Å²) in [7, 11) is -1.90. The van der Waals surface area contributed by atoms with Crippen LogP contribution in [-0.4, -0.2) is 48.4 Å². The van der Waals surface area contributed by atoms with E-state index in [1.807, 2.05) is 0 Å². The van der Waals surface area contributed by atoms with E-state index in [1.165, 1.54) is 36.4 Å². The quantitative estimate of drug-likeness (QED) is 0.228. The molecule has 0 aliphatic rings. The third-order valence-electron chi connectivity index (χ3n) is 3.68. The van der Waals surface area contributed by atoms with Crippen molar-refractivity contribution >= 4 is 38.5 Å². The van der Waals surface area contributed by atoms with Crippen LogP contribution < -0.4 is 5.32 Å². The van der Waals surface area contributed by atoms with Crippen LogP contribution in [0.2, 0.25) is 0 Å². The van der Waals surface area contributed by atoms with Crippen molar-refractivity contribution < 1.29 is 32.8 Å². The molecule has 0 spiro atoms. The van der Waals surface area contributed by atoms with Gasteiger partial charge >= 0.3 is 11.9 Å². The molecule has 1 atom stereocenters. The second-order valence-electron chi connectivity index (χ2n) is 5.36. The number of nitro benzene ring substituents is 1. The van der Waals surface area contributed by atoms with Gasteiger partial charge in [-0.1, -0.05) is 18.2 Å². The first-order valence-corrected chi connectivity index (χ1v) is 8.71. The Morgan fingerprint density at radius 1 is 1.11 bits per heavy atom. The van der Waals surface area contributed by atoms with Crippen molar-refractivity contribution in [2.75, 3.05) is 12.4 Å². The van der Waals surface area contributed by atoms with Gasteiger partial charge in [-0.15, -0.1) is 0 Å². The van der Waals surface area contributed by atoms with Crippen LogP contribution in [0.3, 0.4) is 0 Å². The Morgan fingerprint density at radius 2 is 1.68 bits per heavy atom. The van der Waals surface area contributed by atoms with Crippen LogP contribution >= 0.6 is 0 Å². The van der Waals surface area contributed by atoms with E-state index in [0.717, 1.165) is 19.2 Å². The van der Waals surface area contributed by atoms with Crippen LogP contribution in [0.25, 0.3) is 0 Å². The number of anilines is 1. The molecule has 28 heavy (non-hydrogen) atoms. The summed E-state index contributed by atoms with van der Waals surface area (Å²) < 4.78 is 28.3. The highest BCUT2D eigenvalue weighted by Crippen LogP contribution is 2.19.